The molecule has 1 aromatic heterocycles. The summed E-state index contributed by atoms with van der Waals surface area (Å²) in [5.41, 5.74) is 0. The maximum absolute atomic E-state index is 5.59. The molecule has 0 saturated carbocycles. The molecule has 54 valence electrons. The molecule has 1 N–H and O–H groups in total. The van der Waals surface area contributed by atoms with E-state index in [-0.39, 0.29) is 0 Å². The zero-order valence-electron chi connectivity index (χ0n) is 5.43. The lowest BCUT2D eigenvalue weighted by Crippen LogP contribution is -2.34. The van der Waals surface area contributed by atoms with Gasteiger partial charge in [-0.3, -0.25) is 0 Å². The predicted octanol–water partition coefficient (Wildman–Crippen LogP) is 1.97. The maximum Gasteiger partial charge on any atom is 0.193 e. The van der Waals surface area contributed by atoms with E-state index in [1.807, 2.05) is 6.07 Å². The average molecular weight is 158 g/mol. The lowest BCUT2D eigenvalue weighted by atomic mass is 10.1. The van der Waals surface area contributed by atoms with Crippen molar-refractivity contribution in [2.75, 3.05) is 6.54 Å². The van der Waals surface area contributed by atoms with E-state index >= 15 is 0 Å². The van der Waals surface area contributed by atoms with Crippen LogP contribution in [0.15, 0.2) is 16.5 Å². The first-order chi connectivity index (χ1) is 4.86. The van der Waals surface area contributed by atoms with Gasteiger partial charge in [0.25, 0.3) is 0 Å². The molecule has 1 aliphatic heterocycles. The zero-order chi connectivity index (χ0) is 6.97. The summed E-state index contributed by atoms with van der Waals surface area (Å²) >= 11 is 5.59. The summed E-state index contributed by atoms with van der Waals surface area (Å²) in [7, 11) is 0. The predicted molar refractivity (Wildman–Crippen MR) is 39.1 cm³/mol. The van der Waals surface area contributed by atoms with E-state index in [9.17, 15) is 0 Å². The van der Waals surface area contributed by atoms with Crippen molar-refractivity contribution in [3.05, 3.63) is 23.1 Å². The summed E-state index contributed by atoms with van der Waals surface area (Å²) < 4.78 is 5.19. The molecule has 1 saturated heterocycles. The SMILES string of the molecule is Clc1ccc([C@@H]2CCN2)o1. The Kier molecular flexibility index (Phi) is 1.43. The van der Waals surface area contributed by atoms with E-state index in [1.165, 1.54) is 0 Å². The van der Waals surface area contributed by atoms with E-state index < -0.39 is 0 Å². The second-order valence-corrected chi connectivity index (χ2v) is 2.81. The number of hydrogen-bond acceptors (Lipinski definition) is 2. The molecule has 0 unspecified atom stereocenters. The third-order valence-electron chi connectivity index (χ3n) is 1.76. The second-order valence-electron chi connectivity index (χ2n) is 2.44. The molecule has 10 heavy (non-hydrogen) atoms. The topological polar surface area (TPSA) is 25.2 Å². The highest BCUT2D eigenvalue weighted by atomic mass is 35.5. The van der Waals surface area contributed by atoms with Crippen LogP contribution in [0.3, 0.4) is 0 Å². The molecule has 0 aliphatic carbocycles. The van der Waals surface area contributed by atoms with Crippen LogP contribution in [0, 0.1) is 0 Å². The standard InChI is InChI=1S/C7H8ClNO/c8-7-2-1-6(10-7)5-3-4-9-5/h1-2,5,9H,3-4H2/t5-/m0/s1. The van der Waals surface area contributed by atoms with Crippen LogP contribution in [0.1, 0.15) is 18.2 Å². The average Bonchev–Trinajstić information content (AvgIpc) is 2.10. The number of furan rings is 1. The minimum absolute atomic E-state index is 0.410. The van der Waals surface area contributed by atoms with Crippen LogP contribution in [0.4, 0.5) is 0 Å². The van der Waals surface area contributed by atoms with E-state index in [0.29, 0.717) is 11.3 Å². The third kappa shape index (κ3) is 0.935. The van der Waals surface area contributed by atoms with Crippen molar-refractivity contribution in [3.8, 4) is 0 Å². The van der Waals surface area contributed by atoms with Gasteiger partial charge < -0.3 is 9.73 Å². The highest BCUT2D eigenvalue weighted by Gasteiger charge is 2.21. The molecular formula is C7H8ClNO. The highest BCUT2D eigenvalue weighted by Crippen LogP contribution is 2.25. The molecule has 2 heterocycles. The summed E-state index contributed by atoms with van der Waals surface area (Å²) in [6.07, 6.45) is 1.16. The van der Waals surface area contributed by atoms with Gasteiger partial charge in [0, 0.05) is 0 Å². The van der Waals surface area contributed by atoms with Gasteiger partial charge >= 0.3 is 0 Å². The van der Waals surface area contributed by atoms with Crippen molar-refractivity contribution in [2.45, 2.75) is 12.5 Å². The molecule has 0 radical (unpaired) electrons. The van der Waals surface area contributed by atoms with Crippen LogP contribution in [0.25, 0.3) is 0 Å². The quantitative estimate of drug-likeness (QED) is 0.674. The van der Waals surface area contributed by atoms with Crippen LogP contribution in [-0.2, 0) is 0 Å². The van der Waals surface area contributed by atoms with Gasteiger partial charge in [-0.05, 0) is 36.7 Å². The normalized spacial score (nSPS) is 24.3. The number of hydrogen-bond donors (Lipinski definition) is 1. The number of nitrogens with one attached hydrogen (secondary N) is 1. The van der Waals surface area contributed by atoms with Crippen molar-refractivity contribution >= 4 is 11.6 Å². The Morgan fingerprint density at radius 1 is 1.60 bits per heavy atom. The van der Waals surface area contributed by atoms with Gasteiger partial charge in [0.1, 0.15) is 5.76 Å². The van der Waals surface area contributed by atoms with Gasteiger partial charge in [0.15, 0.2) is 5.22 Å². The van der Waals surface area contributed by atoms with Crippen molar-refractivity contribution in [1.29, 1.82) is 0 Å². The lowest BCUT2D eigenvalue weighted by molar-refractivity contribution is 0.320. The van der Waals surface area contributed by atoms with Crippen molar-refractivity contribution in [2.24, 2.45) is 0 Å². The molecule has 1 aliphatic rings. The Balaban J connectivity index is 2.17. The summed E-state index contributed by atoms with van der Waals surface area (Å²) in [6.45, 7) is 1.09. The van der Waals surface area contributed by atoms with Gasteiger partial charge in [-0.15, -0.1) is 0 Å². The largest absolute Gasteiger partial charge is 0.448 e. The Bertz CT molecular complexity index is 229. The fraction of sp³-hybridized carbons (Fsp3) is 0.429. The Hall–Kier alpha value is -0.470. The molecule has 2 nitrogen and oxygen atoms in total. The molecule has 2 rings (SSSR count). The fourth-order valence-corrected chi connectivity index (χ4v) is 1.20. The van der Waals surface area contributed by atoms with Crippen molar-refractivity contribution < 1.29 is 4.42 Å². The first kappa shape index (κ1) is 6.25. The van der Waals surface area contributed by atoms with Gasteiger partial charge in [-0.25, -0.2) is 0 Å². The summed E-state index contributed by atoms with van der Waals surface area (Å²) in [4.78, 5) is 0. The van der Waals surface area contributed by atoms with E-state index in [2.05, 4.69) is 5.32 Å². The minimum atomic E-state index is 0.410. The third-order valence-corrected chi connectivity index (χ3v) is 1.96. The molecule has 0 bridgehead atoms. The van der Waals surface area contributed by atoms with Gasteiger partial charge in [0.2, 0.25) is 0 Å². The first-order valence-corrected chi connectivity index (χ1v) is 3.73. The second kappa shape index (κ2) is 2.29. The summed E-state index contributed by atoms with van der Waals surface area (Å²) in [5.74, 6) is 0.955. The number of rotatable bonds is 1. The summed E-state index contributed by atoms with van der Waals surface area (Å²) in [5, 5.41) is 3.70. The monoisotopic (exact) mass is 157 g/mol. The minimum Gasteiger partial charge on any atom is -0.448 e. The van der Waals surface area contributed by atoms with Crippen LogP contribution >= 0.6 is 11.6 Å². The van der Waals surface area contributed by atoms with Crippen LogP contribution in [-0.4, -0.2) is 6.54 Å². The molecule has 0 amide bonds. The van der Waals surface area contributed by atoms with Crippen LogP contribution in [0.2, 0.25) is 5.22 Å². The van der Waals surface area contributed by atoms with Gasteiger partial charge in [-0.1, -0.05) is 0 Å². The molecule has 3 heteroatoms. The Morgan fingerprint density at radius 2 is 2.40 bits per heavy atom. The molecule has 1 atom stereocenters. The Labute approximate surface area is 64.2 Å². The molecule has 0 aromatic carbocycles. The fourth-order valence-electron chi connectivity index (χ4n) is 1.05. The highest BCUT2D eigenvalue weighted by molar-refractivity contribution is 6.28. The van der Waals surface area contributed by atoms with Crippen LogP contribution in [0.5, 0.6) is 0 Å². The van der Waals surface area contributed by atoms with E-state index in [0.717, 1.165) is 18.7 Å². The van der Waals surface area contributed by atoms with Crippen LogP contribution < -0.4 is 5.32 Å². The zero-order valence-corrected chi connectivity index (χ0v) is 6.19. The van der Waals surface area contributed by atoms with Crippen molar-refractivity contribution in [1.82, 2.24) is 5.32 Å². The molecule has 1 aromatic rings. The Morgan fingerprint density at radius 3 is 2.80 bits per heavy atom. The lowest BCUT2D eigenvalue weighted by Gasteiger charge is -2.25. The molecule has 1 fully saturated rings. The first-order valence-electron chi connectivity index (χ1n) is 3.35. The van der Waals surface area contributed by atoms with Gasteiger partial charge in [0.05, 0.1) is 6.04 Å². The van der Waals surface area contributed by atoms with E-state index in [4.69, 9.17) is 16.0 Å². The van der Waals surface area contributed by atoms with Gasteiger partial charge in [-0.2, -0.15) is 0 Å². The number of halogens is 1. The smallest absolute Gasteiger partial charge is 0.193 e. The van der Waals surface area contributed by atoms with E-state index in [1.54, 1.807) is 6.07 Å². The summed E-state index contributed by atoms with van der Waals surface area (Å²) in [6, 6.07) is 4.10. The maximum atomic E-state index is 5.59. The molecular weight excluding hydrogens is 150 g/mol. The molecule has 0 spiro atoms. The van der Waals surface area contributed by atoms with Crippen molar-refractivity contribution in [3.63, 3.8) is 0 Å².